The Balaban J connectivity index is 3.14. The van der Waals surface area contributed by atoms with Crippen molar-refractivity contribution in [3.8, 4) is 0 Å². The lowest BCUT2D eigenvalue weighted by Gasteiger charge is -1.99. The Hall–Kier alpha value is -0.530. The van der Waals surface area contributed by atoms with E-state index in [4.69, 9.17) is 23.2 Å². The van der Waals surface area contributed by atoms with E-state index in [1.807, 2.05) is 6.92 Å². The van der Waals surface area contributed by atoms with Crippen LogP contribution in [-0.4, -0.2) is 4.98 Å². The van der Waals surface area contributed by atoms with Crippen molar-refractivity contribution in [2.75, 3.05) is 0 Å². The van der Waals surface area contributed by atoms with E-state index in [9.17, 15) is 0 Å². The van der Waals surface area contributed by atoms with Crippen LogP contribution in [0.1, 0.15) is 12.6 Å². The molecule has 0 fully saturated rings. The number of rotatable bonds is 1. The van der Waals surface area contributed by atoms with Gasteiger partial charge in [-0.15, -0.1) is 0 Å². The summed E-state index contributed by atoms with van der Waals surface area (Å²) in [7, 11) is 0. The van der Waals surface area contributed by atoms with E-state index in [2.05, 4.69) is 4.98 Å². The van der Waals surface area contributed by atoms with E-state index >= 15 is 0 Å². The zero-order valence-electron chi connectivity index (χ0n) is 6.01. The van der Waals surface area contributed by atoms with Crippen LogP contribution in [0, 0.1) is 0 Å². The van der Waals surface area contributed by atoms with Crippen LogP contribution in [0.2, 0.25) is 5.02 Å². The predicted octanol–water partition coefficient (Wildman–Crippen LogP) is 3.33. The number of hydrogen-bond donors (Lipinski definition) is 0. The highest BCUT2D eigenvalue weighted by atomic mass is 35.5. The van der Waals surface area contributed by atoms with Crippen LogP contribution in [-0.2, 0) is 0 Å². The Bertz CT molecular complexity index is 281. The molecule has 1 rings (SSSR count). The first-order valence-electron chi connectivity index (χ1n) is 3.13. The number of hydrogen-bond acceptors (Lipinski definition) is 1. The van der Waals surface area contributed by atoms with Gasteiger partial charge in [-0.3, -0.25) is 4.98 Å². The maximum Gasteiger partial charge on any atom is 0.0853 e. The first kappa shape index (κ1) is 8.57. The zero-order chi connectivity index (χ0) is 8.27. The molecule has 0 aliphatic carbocycles. The van der Waals surface area contributed by atoms with Gasteiger partial charge < -0.3 is 0 Å². The van der Waals surface area contributed by atoms with E-state index in [1.165, 1.54) is 5.54 Å². The van der Waals surface area contributed by atoms with Crippen LogP contribution in [0.4, 0.5) is 0 Å². The molecule has 1 nitrogen and oxygen atoms in total. The molecule has 0 radical (unpaired) electrons. The average Bonchev–Trinajstić information content (AvgIpc) is 2.04. The second kappa shape index (κ2) is 3.74. The van der Waals surface area contributed by atoms with E-state index in [0.717, 1.165) is 11.3 Å². The molecule has 0 bridgehead atoms. The number of aromatic nitrogens is 1. The van der Waals surface area contributed by atoms with Gasteiger partial charge in [-0.25, -0.2) is 0 Å². The van der Waals surface area contributed by atoms with Gasteiger partial charge in [0.05, 0.1) is 10.7 Å². The van der Waals surface area contributed by atoms with Crippen molar-refractivity contribution in [2.24, 2.45) is 0 Å². The molecular formula is C8H7Cl2N. The molecule has 1 heterocycles. The van der Waals surface area contributed by atoms with Gasteiger partial charge >= 0.3 is 0 Å². The molecule has 1 aromatic rings. The van der Waals surface area contributed by atoms with E-state index in [0.29, 0.717) is 5.02 Å². The summed E-state index contributed by atoms with van der Waals surface area (Å²) in [5.74, 6) is 0. The summed E-state index contributed by atoms with van der Waals surface area (Å²) in [4.78, 5) is 4.06. The molecule has 0 saturated carbocycles. The number of nitrogens with zero attached hydrogens (tertiary/aromatic N) is 1. The Labute approximate surface area is 75.7 Å². The fraction of sp³-hybridized carbons (Fsp3) is 0.125. The summed E-state index contributed by atoms with van der Waals surface area (Å²) >= 11 is 11.3. The topological polar surface area (TPSA) is 12.9 Å². The molecule has 0 unspecified atom stereocenters. The molecule has 0 aliphatic rings. The minimum Gasteiger partial charge on any atom is -0.255 e. The van der Waals surface area contributed by atoms with Crippen LogP contribution in [0.25, 0.3) is 5.57 Å². The smallest absolute Gasteiger partial charge is 0.0853 e. The quantitative estimate of drug-likeness (QED) is 0.658. The third kappa shape index (κ3) is 1.95. The number of pyridine rings is 1. The monoisotopic (exact) mass is 187 g/mol. The van der Waals surface area contributed by atoms with Gasteiger partial charge in [0.1, 0.15) is 0 Å². The Morgan fingerprint density at radius 1 is 1.64 bits per heavy atom. The summed E-state index contributed by atoms with van der Waals surface area (Å²) in [5, 5.41) is 0.627. The lowest BCUT2D eigenvalue weighted by atomic mass is 10.2. The minimum absolute atomic E-state index is 0.627. The first-order valence-corrected chi connectivity index (χ1v) is 3.95. The van der Waals surface area contributed by atoms with E-state index < -0.39 is 0 Å². The van der Waals surface area contributed by atoms with Crippen molar-refractivity contribution in [1.82, 2.24) is 4.98 Å². The Morgan fingerprint density at radius 3 is 2.91 bits per heavy atom. The second-order valence-electron chi connectivity index (χ2n) is 2.13. The summed E-state index contributed by atoms with van der Waals surface area (Å²) in [5.41, 5.74) is 3.08. The third-order valence-corrected chi connectivity index (χ3v) is 1.93. The largest absolute Gasteiger partial charge is 0.255 e. The van der Waals surface area contributed by atoms with Crippen molar-refractivity contribution < 1.29 is 0 Å². The van der Waals surface area contributed by atoms with E-state index in [1.54, 1.807) is 18.3 Å². The van der Waals surface area contributed by atoms with Crippen LogP contribution < -0.4 is 0 Å². The molecule has 0 aliphatic heterocycles. The highest BCUT2D eigenvalue weighted by molar-refractivity contribution is 6.33. The molecule has 0 aromatic carbocycles. The lowest BCUT2D eigenvalue weighted by Crippen LogP contribution is -1.84. The average molecular weight is 188 g/mol. The summed E-state index contributed by atoms with van der Waals surface area (Å²) in [6.45, 7) is 1.86. The lowest BCUT2D eigenvalue weighted by molar-refractivity contribution is 1.27. The van der Waals surface area contributed by atoms with Crippen molar-refractivity contribution in [3.05, 3.63) is 34.6 Å². The van der Waals surface area contributed by atoms with Crippen molar-refractivity contribution in [1.29, 1.82) is 0 Å². The van der Waals surface area contributed by atoms with Crippen LogP contribution in [0.5, 0.6) is 0 Å². The number of halogens is 2. The van der Waals surface area contributed by atoms with Gasteiger partial charge in [0.25, 0.3) is 0 Å². The Kier molecular flexibility index (Phi) is 2.92. The van der Waals surface area contributed by atoms with Crippen molar-refractivity contribution in [3.63, 3.8) is 0 Å². The van der Waals surface area contributed by atoms with Crippen molar-refractivity contribution >= 4 is 28.8 Å². The molecule has 11 heavy (non-hydrogen) atoms. The van der Waals surface area contributed by atoms with Gasteiger partial charge in [0.15, 0.2) is 0 Å². The summed E-state index contributed by atoms with van der Waals surface area (Å²) in [6, 6.07) is 3.57. The normalized spacial score (nSPS) is 11.7. The van der Waals surface area contributed by atoms with Crippen LogP contribution in [0.3, 0.4) is 0 Å². The molecule has 0 atom stereocenters. The van der Waals surface area contributed by atoms with Gasteiger partial charge in [0, 0.05) is 11.7 Å². The van der Waals surface area contributed by atoms with Gasteiger partial charge in [-0.05, 0) is 24.6 Å². The molecule has 0 saturated heterocycles. The van der Waals surface area contributed by atoms with Gasteiger partial charge in [-0.2, -0.15) is 0 Å². The fourth-order valence-corrected chi connectivity index (χ4v) is 1.10. The predicted molar refractivity (Wildman–Crippen MR) is 48.8 cm³/mol. The maximum absolute atomic E-state index is 5.84. The second-order valence-corrected chi connectivity index (χ2v) is 2.75. The third-order valence-electron chi connectivity index (χ3n) is 1.30. The van der Waals surface area contributed by atoms with Crippen molar-refractivity contribution in [2.45, 2.75) is 6.92 Å². The molecule has 0 spiro atoms. The highest BCUT2D eigenvalue weighted by Gasteiger charge is 2.00. The first-order chi connectivity index (χ1) is 5.25. The fourth-order valence-electron chi connectivity index (χ4n) is 0.728. The standard InChI is InChI=1S/C8H7Cl2N/c1-6(5-9)8-7(10)3-2-4-11-8/h2-5H,1H3. The summed E-state index contributed by atoms with van der Waals surface area (Å²) in [6.07, 6.45) is 1.69. The van der Waals surface area contributed by atoms with Crippen LogP contribution >= 0.6 is 23.2 Å². The Morgan fingerprint density at radius 2 is 2.36 bits per heavy atom. The van der Waals surface area contributed by atoms with E-state index in [-0.39, 0.29) is 0 Å². The highest BCUT2D eigenvalue weighted by Crippen LogP contribution is 2.20. The summed E-state index contributed by atoms with van der Waals surface area (Å²) < 4.78 is 0. The molecule has 58 valence electrons. The zero-order valence-corrected chi connectivity index (χ0v) is 7.52. The molecule has 0 N–H and O–H groups in total. The molecule has 3 heteroatoms. The maximum atomic E-state index is 5.84. The van der Waals surface area contributed by atoms with Gasteiger partial charge in [-0.1, -0.05) is 23.2 Å². The molecule has 1 aromatic heterocycles. The van der Waals surface area contributed by atoms with Crippen LogP contribution in [0.15, 0.2) is 23.9 Å². The minimum atomic E-state index is 0.627. The SMILES string of the molecule is CC(=CCl)c1ncccc1Cl. The molecule has 0 amide bonds. The molecular weight excluding hydrogens is 181 g/mol. The van der Waals surface area contributed by atoms with Gasteiger partial charge in [0.2, 0.25) is 0 Å². The number of allylic oxidation sites excluding steroid dienone is 1.